The molecular weight excluding hydrogens is 246 g/mol. The second-order valence-corrected chi connectivity index (χ2v) is 6.15. The fourth-order valence-electron chi connectivity index (χ4n) is 3.50. The van der Waals surface area contributed by atoms with Crippen LogP contribution in [0.15, 0.2) is 16.8 Å². The van der Waals surface area contributed by atoms with Gasteiger partial charge in [-0.25, -0.2) is 0 Å². The molecule has 1 aromatic heterocycles. The van der Waals surface area contributed by atoms with Gasteiger partial charge in [0, 0.05) is 13.1 Å². The lowest BCUT2D eigenvalue weighted by Crippen LogP contribution is -2.55. The standard InChI is InChI=1S/C14H21NO2S/c16-13(12-3-10-18-11-12)14(4-1-2-5-14)15-6-8-17-9-7-15/h3,10-11,13,16H,1-2,4-9H2. The molecule has 0 aromatic carbocycles. The van der Waals surface area contributed by atoms with Crippen LogP contribution in [0.3, 0.4) is 0 Å². The largest absolute Gasteiger partial charge is 0.386 e. The maximum absolute atomic E-state index is 10.8. The van der Waals surface area contributed by atoms with Gasteiger partial charge in [-0.1, -0.05) is 12.8 Å². The van der Waals surface area contributed by atoms with E-state index in [1.54, 1.807) is 11.3 Å². The molecular formula is C14H21NO2S. The molecule has 0 spiro atoms. The molecule has 3 rings (SSSR count). The zero-order valence-electron chi connectivity index (χ0n) is 10.7. The molecule has 0 radical (unpaired) electrons. The topological polar surface area (TPSA) is 32.7 Å². The van der Waals surface area contributed by atoms with Gasteiger partial charge >= 0.3 is 0 Å². The average Bonchev–Trinajstić information content (AvgIpc) is 3.11. The van der Waals surface area contributed by atoms with E-state index >= 15 is 0 Å². The zero-order chi connectivity index (χ0) is 12.4. The molecule has 18 heavy (non-hydrogen) atoms. The third kappa shape index (κ3) is 2.11. The predicted molar refractivity (Wildman–Crippen MR) is 72.9 cm³/mol. The first kappa shape index (κ1) is 12.6. The summed E-state index contributed by atoms with van der Waals surface area (Å²) in [7, 11) is 0. The molecule has 0 amide bonds. The highest BCUT2D eigenvalue weighted by molar-refractivity contribution is 7.07. The first-order valence-corrected chi connectivity index (χ1v) is 7.80. The molecule has 100 valence electrons. The number of aliphatic hydroxyl groups is 1. The van der Waals surface area contributed by atoms with Crippen molar-refractivity contribution >= 4 is 11.3 Å². The lowest BCUT2D eigenvalue weighted by Gasteiger charge is -2.46. The van der Waals surface area contributed by atoms with Crippen molar-refractivity contribution in [3.8, 4) is 0 Å². The highest BCUT2D eigenvalue weighted by Crippen LogP contribution is 2.45. The van der Waals surface area contributed by atoms with E-state index in [1.807, 2.05) is 0 Å². The Labute approximate surface area is 112 Å². The van der Waals surface area contributed by atoms with Gasteiger partial charge in [-0.2, -0.15) is 11.3 Å². The average molecular weight is 267 g/mol. The molecule has 4 heteroatoms. The number of morpholine rings is 1. The van der Waals surface area contributed by atoms with Crippen molar-refractivity contribution in [1.82, 2.24) is 4.90 Å². The van der Waals surface area contributed by atoms with Crippen LogP contribution in [0.4, 0.5) is 0 Å². The van der Waals surface area contributed by atoms with Crippen LogP contribution in [0, 0.1) is 0 Å². The number of hydrogen-bond donors (Lipinski definition) is 1. The lowest BCUT2D eigenvalue weighted by molar-refractivity contribution is -0.0773. The summed E-state index contributed by atoms with van der Waals surface area (Å²) in [5.41, 5.74) is 1.05. The SMILES string of the molecule is OC(c1ccsc1)C1(N2CCOCC2)CCCC1. The van der Waals surface area contributed by atoms with E-state index < -0.39 is 0 Å². The van der Waals surface area contributed by atoms with Crippen molar-refractivity contribution in [2.45, 2.75) is 37.3 Å². The van der Waals surface area contributed by atoms with E-state index in [-0.39, 0.29) is 11.6 Å². The lowest BCUT2D eigenvalue weighted by atomic mass is 9.84. The minimum absolute atomic E-state index is 0.0369. The van der Waals surface area contributed by atoms with Crippen LogP contribution in [0.25, 0.3) is 0 Å². The van der Waals surface area contributed by atoms with Gasteiger partial charge in [0.15, 0.2) is 0 Å². The molecule has 1 aliphatic heterocycles. The van der Waals surface area contributed by atoms with Gasteiger partial charge in [-0.05, 0) is 35.2 Å². The van der Waals surface area contributed by atoms with Crippen LogP contribution < -0.4 is 0 Å². The second kappa shape index (κ2) is 5.29. The van der Waals surface area contributed by atoms with Crippen LogP contribution >= 0.6 is 11.3 Å². The van der Waals surface area contributed by atoms with Gasteiger partial charge in [-0.3, -0.25) is 4.90 Å². The molecule has 1 aromatic rings. The molecule has 1 saturated carbocycles. The molecule has 2 fully saturated rings. The Balaban J connectivity index is 1.86. The summed E-state index contributed by atoms with van der Waals surface area (Å²) in [5, 5.41) is 15.0. The van der Waals surface area contributed by atoms with Crippen molar-refractivity contribution in [2.24, 2.45) is 0 Å². The molecule has 1 aliphatic carbocycles. The minimum atomic E-state index is -0.343. The molecule has 3 nitrogen and oxygen atoms in total. The number of thiophene rings is 1. The Hall–Kier alpha value is -0.420. The van der Waals surface area contributed by atoms with Crippen molar-refractivity contribution < 1.29 is 9.84 Å². The van der Waals surface area contributed by atoms with Crippen LogP contribution in [-0.4, -0.2) is 41.8 Å². The normalized spacial score (nSPS) is 26.3. The van der Waals surface area contributed by atoms with Gasteiger partial charge in [0.1, 0.15) is 0 Å². The monoisotopic (exact) mass is 267 g/mol. The first-order chi connectivity index (χ1) is 8.83. The fourth-order valence-corrected chi connectivity index (χ4v) is 4.18. The molecule has 2 heterocycles. The number of rotatable bonds is 3. The highest BCUT2D eigenvalue weighted by Gasteiger charge is 2.46. The van der Waals surface area contributed by atoms with Crippen molar-refractivity contribution in [3.63, 3.8) is 0 Å². The number of aliphatic hydroxyl groups excluding tert-OH is 1. The van der Waals surface area contributed by atoms with E-state index in [9.17, 15) is 5.11 Å². The van der Waals surface area contributed by atoms with Gasteiger partial charge < -0.3 is 9.84 Å². The fraction of sp³-hybridized carbons (Fsp3) is 0.714. The first-order valence-electron chi connectivity index (χ1n) is 6.86. The Kier molecular flexibility index (Phi) is 3.71. The van der Waals surface area contributed by atoms with Gasteiger partial charge in [0.05, 0.1) is 24.9 Å². The molecule has 1 atom stereocenters. The van der Waals surface area contributed by atoms with Crippen LogP contribution in [0.1, 0.15) is 37.4 Å². The molecule has 1 saturated heterocycles. The summed E-state index contributed by atoms with van der Waals surface area (Å²) >= 11 is 1.67. The van der Waals surface area contributed by atoms with Crippen molar-refractivity contribution in [3.05, 3.63) is 22.4 Å². The summed E-state index contributed by atoms with van der Waals surface area (Å²) < 4.78 is 5.45. The Morgan fingerprint density at radius 2 is 2.00 bits per heavy atom. The maximum Gasteiger partial charge on any atom is 0.0981 e. The highest BCUT2D eigenvalue weighted by atomic mass is 32.1. The maximum atomic E-state index is 10.8. The Morgan fingerprint density at radius 1 is 1.28 bits per heavy atom. The molecule has 1 unspecified atom stereocenters. The summed E-state index contributed by atoms with van der Waals surface area (Å²) in [6, 6.07) is 2.07. The second-order valence-electron chi connectivity index (χ2n) is 5.37. The van der Waals surface area contributed by atoms with Crippen LogP contribution in [0.2, 0.25) is 0 Å². The minimum Gasteiger partial charge on any atom is -0.386 e. The smallest absolute Gasteiger partial charge is 0.0981 e. The van der Waals surface area contributed by atoms with E-state index in [4.69, 9.17) is 4.74 Å². The zero-order valence-corrected chi connectivity index (χ0v) is 11.5. The van der Waals surface area contributed by atoms with Crippen molar-refractivity contribution in [2.75, 3.05) is 26.3 Å². The number of nitrogens with zero attached hydrogens (tertiary/aromatic N) is 1. The molecule has 0 bridgehead atoms. The summed E-state index contributed by atoms with van der Waals surface area (Å²) in [6.45, 7) is 3.53. The number of hydrogen-bond acceptors (Lipinski definition) is 4. The molecule has 1 N–H and O–H groups in total. The van der Waals surface area contributed by atoms with Gasteiger partial charge in [0.2, 0.25) is 0 Å². The third-order valence-electron chi connectivity index (χ3n) is 4.48. The predicted octanol–water partition coefficient (Wildman–Crippen LogP) is 2.43. The Morgan fingerprint density at radius 3 is 2.61 bits per heavy atom. The summed E-state index contributed by atoms with van der Waals surface area (Å²) in [4.78, 5) is 2.48. The third-order valence-corrected chi connectivity index (χ3v) is 5.18. The summed E-state index contributed by atoms with van der Waals surface area (Å²) in [5.74, 6) is 0. The van der Waals surface area contributed by atoms with Crippen molar-refractivity contribution in [1.29, 1.82) is 0 Å². The van der Waals surface area contributed by atoms with E-state index in [1.165, 1.54) is 12.8 Å². The molecule has 2 aliphatic rings. The summed E-state index contributed by atoms with van der Waals surface area (Å²) in [6.07, 6.45) is 4.36. The van der Waals surface area contributed by atoms with E-state index in [2.05, 4.69) is 21.7 Å². The van der Waals surface area contributed by atoms with Gasteiger partial charge in [-0.15, -0.1) is 0 Å². The van der Waals surface area contributed by atoms with Crippen LogP contribution in [-0.2, 0) is 4.74 Å². The number of ether oxygens (including phenoxy) is 1. The Bertz CT molecular complexity index is 367. The van der Waals surface area contributed by atoms with E-state index in [0.717, 1.165) is 44.7 Å². The van der Waals surface area contributed by atoms with Crippen LogP contribution in [0.5, 0.6) is 0 Å². The van der Waals surface area contributed by atoms with E-state index in [0.29, 0.717) is 0 Å². The van der Waals surface area contributed by atoms with Gasteiger partial charge in [0.25, 0.3) is 0 Å². The quantitative estimate of drug-likeness (QED) is 0.913.